The zero-order valence-electron chi connectivity index (χ0n) is 9.72. The Kier molecular flexibility index (Phi) is 5.69. The summed E-state index contributed by atoms with van der Waals surface area (Å²) in [4.78, 5) is 21.8. The Labute approximate surface area is 105 Å². The molecule has 0 fully saturated rings. The molecule has 0 atom stereocenters. The summed E-state index contributed by atoms with van der Waals surface area (Å²) in [7, 11) is 0. The molecule has 0 aliphatic carbocycles. The molecule has 0 radical (unpaired) electrons. The van der Waals surface area contributed by atoms with E-state index in [1.54, 1.807) is 23.9 Å². The van der Waals surface area contributed by atoms with Crippen molar-refractivity contribution in [3.63, 3.8) is 0 Å². The summed E-state index contributed by atoms with van der Waals surface area (Å²) >= 11 is 1.63. The molecule has 0 saturated heterocycles. The van der Waals surface area contributed by atoms with Crippen molar-refractivity contribution in [1.82, 2.24) is 0 Å². The van der Waals surface area contributed by atoms with Gasteiger partial charge in [-0.15, -0.1) is 11.8 Å². The third kappa shape index (κ3) is 4.19. The van der Waals surface area contributed by atoms with Gasteiger partial charge in [0.1, 0.15) is 0 Å². The fourth-order valence-corrected chi connectivity index (χ4v) is 2.38. The molecule has 0 heterocycles. The first-order valence-corrected chi connectivity index (χ1v) is 6.54. The van der Waals surface area contributed by atoms with E-state index in [0.717, 1.165) is 17.1 Å². The Morgan fingerprint density at radius 1 is 1.41 bits per heavy atom. The summed E-state index contributed by atoms with van der Waals surface area (Å²) in [6, 6.07) is 4.68. The van der Waals surface area contributed by atoms with E-state index >= 15 is 0 Å². The highest BCUT2D eigenvalue weighted by atomic mass is 32.2. The summed E-state index contributed by atoms with van der Waals surface area (Å²) in [5.74, 6) is 0.976. The molecule has 0 aromatic heterocycles. The van der Waals surface area contributed by atoms with Gasteiger partial charge in [0.2, 0.25) is 0 Å². The molecule has 4 nitrogen and oxygen atoms in total. The van der Waals surface area contributed by atoms with Crippen LogP contribution in [0.4, 0.5) is 5.69 Å². The van der Waals surface area contributed by atoms with Crippen LogP contribution in [0.2, 0.25) is 0 Å². The summed E-state index contributed by atoms with van der Waals surface area (Å²) in [5.41, 5.74) is 0.0217. The highest BCUT2D eigenvalue weighted by Crippen LogP contribution is 2.25. The maximum atomic E-state index is 10.7. The lowest BCUT2D eigenvalue weighted by atomic mass is 10.2. The highest BCUT2D eigenvalue weighted by molar-refractivity contribution is 7.99. The van der Waals surface area contributed by atoms with Gasteiger partial charge in [-0.1, -0.05) is 19.8 Å². The zero-order valence-corrected chi connectivity index (χ0v) is 10.5. The van der Waals surface area contributed by atoms with Crippen LogP contribution in [0, 0.1) is 10.1 Å². The predicted molar refractivity (Wildman–Crippen MR) is 68.7 cm³/mol. The number of hydrogen-bond donors (Lipinski definition) is 0. The molecule has 0 bridgehead atoms. The SMILES string of the molecule is CCCCCSc1ccc([N+](=O)[O-])c(C=O)c1. The number of thioether (sulfide) groups is 1. The number of carbonyl (C=O) groups excluding carboxylic acids is 1. The minimum atomic E-state index is -0.532. The van der Waals surface area contributed by atoms with Crippen LogP contribution < -0.4 is 0 Å². The van der Waals surface area contributed by atoms with Gasteiger partial charge in [-0.25, -0.2) is 0 Å². The molecule has 0 amide bonds. The third-order valence-corrected chi connectivity index (χ3v) is 3.42. The second-order valence-electron chi connectivity index (χ2n) is 3.65. The first-order valence-electron chi connectivity index (χ1n) is 5.55. The van der Waals surface area contributed by atoms with Crippen LogP contribution in [-0.4, -0.2) is 17.0 Å². The first kappa shape index (κ1) is 13.7. The van der Waals surface area contributed by atoms with Gasteiger partial charge in [-0.05, 0) is 24.3 Å². The summed E-state index contributed by atoms with van der Waals surface area (Å²) in [5, 5.41) is 10.6. The van der Waals surface area contributed by atoms with Gasteiger partial charge in [-0.2, -0.15) is 0 Å². The van der Waals surface area contributed by atoms with Crippen LogP contribution in [-0.2, 0) is 0 Å². The second-order valence-corrected chi connectivity index (χ2v) is 4.82. The zero-order chi connectivity index (χ0) is 12.7. The van der Waals surface area contributed by atoms with E-state index in [1.807, 2.05) is 0 Å². The largest absolute Gasteiger partial charge is 0.298 e. The molecule has 0 aliphatic rings. The van der Waals surface area contributed by atoms with E-state index in [9.17, 15) is 14.9 Å². The van der Waals surface area contributed by atoms with E-state index in [1.165, 1.54) is 18.9 Å². The van der Waals surface area contributed by atoms with E-state index in [-0.39, 0.29) is 11.3 Å². The van der Waals surface area contributed by atoms with Crippen LogP contribution in [0.5, 0.6) is 0 Å². The van der Waals surface area contributed by atoms with Gasteiger partial charge < -0.3 is 0 Å². The maximum Gasteiger partial charge on any atom is 0.279 e. The molecule has 0 spiro atoms. The normalized spacial score (nSPS) is 10.2. The fourth-order valence-electron chi connectivity index (χ4n) is 1.43. The lowest BCUT2D eigenvalue weighted by Gasteiger charge is -2.02. The number of benzene rings is 1. The van der Waals surface area contributed by atoms with Gasteiger partial charge in [0.25, 0.3) is 5.69 Å². The Balaban J connectivity index is 2.69. The van der Waals surface area contributed by atoms with Crippen molar-refractivity contribution in [3.8, 4) is 0 Å². The van der Waals surface area contributed by atoms with E-state index in [4.69, 9.17) is 0 Å². The number of nitro groups is 1. The monoisotopic (exact) mass is 253 g/mol. The van der Waals surface area contributed by atoms with Gasteiger partial charge in [0.05, 0.1) is 10.5 Å². The number of nitrogens with zero attached hydrogens (tertiary/aromatic N) is 1. The number of carbonyl (C=O) groups is 1. The lowest BCUT2D eigenvalue weighted by molar-refractivity contribution is -0.385. The molecule has 1 aromatic carbocycles. The van der Waals surface area contributed by atoms with Gasteiger partial charge in [-0.3, -0.25) is 14.9 Å². The number of unbranched alkanes of at least 4 members (excludes halogenated alkanes) is 2. The highest BCUT2D eigenvalue weighted by Gasteiger charge is 2.13. The Morgan fingerprint density at radius 2 is 2.18 bits per heavy atom. The predicted octanol–water partition coefficient (Wildman–Crippen LogP) is 3.69. The van der Waals surface area contributed by atoms with Gasteiger partial charge in [0.15, 0.2) is 6.29 Å². The molecular weight excluding hydrogens is 238 g/mol. The van der Waals surface area contributed by atoms with Crippen molar-refractivity contribution in [1.29, 1.82) is 0 Å². The Bertz CT molecular complexity index is 407. The maximum absolute atomic E-state index is 10.7. The van der Waals surface area contributed by atoms with E-state index in [2.05, 4.69) is 6.92 Å². The van der Waals surface area contributed by atoms with Crippen LogP contribution >= 0.6 is 11.8 Å². The van der Waals surface area contributed by atoms with Crippen LogP contribution in [0.25, 0.3) is 0 Å². The molecule has 0 saturated carbocycles. The molecule has 17 heavy (non-hydrogen) atoms. The van der Waals surface area contributed by atoms with Crippen LogP contribution in [0.15, 0.2) is 23.1 Å². The minimum Gasteiger partial charge on any atom is -0.298 e. The second kappa shape index (κ2) is 7.06. The van der Waals surface area contributed by atoms with Crippen molar-refractivity contribution in [2.45, 2.75) is 31.1 Å². The summed E-state index contributed by atoms with van der Waals surface area (Å²) in [6.07, 6.45) is 4.00. The Hall–Kier alpha value is -1.36. The molecule has 1 aromatic rings. The van der Waals surface area contributed by atoms with Crippen molar-refractivity contribution >= 4 is 23.7 Å². The summed E-state index contributed by atoms with van der Waals surface area (Å²) in [6.45, 7) is 2.14. The smallest absolute Gasteiger partial charge is 0.279 e. The fraction of sp³-hybridized carbons (Fsp3) is 0.417. The average Bonchev–Trinajstić information content (AvgIpc) is 2.34. The number of hydrogen-bond acceptors (Lipinski definition) is 4. The molecule has 0 N–H and O–H groups in total. The number of nitro benzene ring substituents is 1. The van der Waals surface area contributed by atoms with Crippen molar-refractivity contribution in [3.05, 3.63) is 33.9 Å². The third-order valence-electron chi connectivity index (χ3n) is 2.34. The molecule has 5 heteroatoms. The average molecular weight is 253 g/mol. The topological polar surface area (TPSA) is 60.2 Å². The van der Waals surface area contributed by atoms with Crippen molar-refractivity contribution in [2.75, 3.05) is 5.75 Å². The lowest BCUT2D eigenvalue weighted by Crippen LogP contribution is -1.94. The standard InChI is InChI=1S/C12H15NO3S/c1-2-3-4-7-17-11-5-6-12(13(15)16)10(8-11)9-14/h5-6,8-9H,2-4,7H2,1H3. The quantitative estimate of drug-likeness (QED) is 0.244. The molecular formula is C12H15NO3S. The molecule has 92 valence electrons. The molecule has 1 rings (SSSR count). The van der Waals surface area contributed by atoms with Gasteiger partial charge in [0, 0.05) is 11.0 Å². The number of aldehydes is 1. The van der Waals surface area contributed by atoms with Gasteiger partial charge >= 0.3 is 0 Å². The molecule has 0 unspecified atom stereocenters. The molecule has 0 aliphatic heterocycles. The van der Waals surface area contributed by atoms with Crippen molar-refractivity contribution in [2.24, 2.45) is 0 Å². The van der Waals surface area contributed by atoms with Crippen LogP contribution in [0.1, 0.15) is 36.5 Å². The Morgan fingerprint density at radius 3 is 2.76 bits per heavy atom. The summed E-state index contributed by atoms with van der Waals surface area (Å²) < 4.78 is 0. The number of rotatable bonds is 7. The minimum absolute atomic E-state index is 0.127. The van der Waals surface area contributed by atoms with E-state index in [0.29, 0.717) is 6.29 Å². The van der Waals surface area contributed by atoms with Crippen molar-refractivity contribution < 1.29 is 9.72 Å². The van der Waals surface area contributed by atoms with E-state index < -0.39 is 4.92 Å². The first-order chi connectivity index (χ1) is 8.19. The van der Waals surface area contributed by atoms with Crippen LogP contribution in [0.3, 0.4) is 0 Å².